The van der Waals surface area contributed by atoms with E-state index >= 15 is 0 Å². The van der Waals surface area contributed by atoms with Crippen molar-refractivity contribution in [1.29, 1.82) is 21.0 Å². The van der Waals surface area contributed by atoms with Gasteiger partial charge in [-0.15, -0.1) is 23.9 Å². The number of nitrogens with zero attached hydrogens (tertiary/aromatic N) is 5. The molecule has 0 radical (unpaired) electrons. The third kappa shape index (κ3) is 7.39. The third-order valence-corrected chi connectivity index (χ3v) is 1.67. The molecule has 0 aromatic carbocycles. The van der Waals surface area contributed by atoms with E-state index in [0.717, 1.165) is 4.48 Å². The van der Waals surface area contributed by atoms with Gasteiger partial charge < -0.3 is 4.48 Å². The summed E-state index contributed by atoms with van der Waals surface area (Å²) in [5, 5.41) is 32.3. The van der Waals surface area contributed by atoms with Gasteiger partial charge in [-0.25, -0.2) is 21.0 Å². The second-order valence-electron chi connectivity index (χ2n) is 4.40. The highest BCUT2D eigenvalue weighted by Crippen LogP contribution is 1.92. The molecule has 5 nitrogen and oxygen atoms in total. The Hall–Kier alpha value is -2.02. The van der Waals surface area contributed by atoms with E-state index in [4.69, 9.17) is 21.0 Å². The van der Waals surface area contributed by atoms with Crippen molar-refractivity contribution in [2.75, 3.05) is 27.7 Å². The Morgan fingerprint density at radius 1 is 0.875 bits per heavy atom. The Balaban J connectivity index is 0. The molecule has 0 amide bonds. The summed E-state index contributed by atoms with van der Waals surface area (Å²) in [5.74, 6) is 5.38. The number of hydrogen-bond acceptors (Lipinski definition) is 4. The molecule has 84 valence electrons. The predicted octanol–water partition coefficient (Wildman–Crippen LogP) is 0.789. The number of nitriles is 4. The molecule has 0 fully saturated rings. The maximum absolute atomic E-state index is 8.09. The lowest BCUT2D eigenvalue weighted by Crippen LogP contribution is -2.34. The summed E-state index contributed by atoms with van der Waals surface area (Å²) in [6.07, 6.45) is -1.44. The van der Waals surface area contributed by atoms with Crippen LogP contribution in [0.1, 0.15) is 13.3 Å². The van der Waals surface area contributed by atoms with Gasteiger partial charge in [0.25, 0.3) is 0 Å². The quantitative estimate of drug-likeness (QED) is 0.504. The molecule has 0 bridgehead atoms. The molecule has 6 heteroatoms. The van der Waals surface area contributed by atoms with Crippen molar-refractivity contribution < 1.29 is 4.48 Å². The molecule has 0 unspecified atom stereocenters. The van der Waals surface area contributed by atoms with Crippen LogP contribution in [0.4, 0.5) is 0 Å². The summed E-state index contributed by atoms with van der Waals surface area (Å²) in [7, 11) is 6.64. The lowest BCUT2D eigenvalue weighted by Gasteiger charge is -2.22. The maximum Gasteiger partial charge on any atom is 0.383 e. The average molecular weight is 217 g/mol. The van der Waals surface area contributed by atoms with Crippen molar-refractivity contribution in [2.24, 2.45) is 0 Å². The zero-order valence-corrected chi connectivity index (χ0v) is 10.2. The molecule has 0 aliphatic heterocycles. The van der Waals surface area contributed by atoms with Gasteiger partial charge in [0, 0.05) is 0 Å². The Labute approximate surface area is 97.2 Å². The van der Waals surface area contributed by atoms with Gasteiger partial charge in [0.15, 0.2) is 0 Å². The fraction of sp³-hybridized carbons (Fsp3) is 0.600. The van der Waals surface area contributed by atoms with Crippen LogP contribution >= 0.6 is 0 Å². The topological polar surface area (TPSA) is 95.2 Å². The van der Waals surface area contributed by atoms with Crippen molar-refractivity contribution in [3.8, 4) is 23.9 Å². The first kappa shape index (κ1) is 16.4. The summed E-state index contributed by atoms with van der Waals surface area (Å²) in [6, 6.07) is 0. The van der Waals surface area contributed by atoms with E-state index in [9.17, 15) is 0 Å². The smallest absolute Gasteiger partial charge is 0.331 e. The maximum atomic E-state index is 8.09. The molecule has 16 heavy (non-hydrogen) atoms. The minimum atomic E-state index is -2.72. The molecule has 0 aliphatic rings. The first-order valence-electron chi connectivity index (χ1n) is 4.91. The van der Waals surface area contributed by atoms with Crippen LogP contribution in [0, 0.1) is 44.9 Å². The van der Waals surface area contributed by atoms with E-state index in [2.05, 4.69) is 28.1 Å². The fourth-order valence-electron chi connectivity index (χ4n) is 0.844. The van der Waals surface area contributed by atoms with Gasteiger partial charge in [-0.1, -0.05) is 6.92 Å². The zero-order chi connectivity index (χ0) is 13.2. The van der Waals surface area contributed by atoms with Gasteiger partial charge >= 0.3 is 6.15 Å². The summed E-state index contributed by atoms with van der Waals surface area (Å²) in [5.41, 5.74) is 0. The van der Waals surface area contributed by atoms with Gasteiger partial charge in [-0.2, -0.15) is 0 Å². The van der Waals surface area contributed by atoms with Gasteiger partial charge in [0.2, 0.25) is 0 Å². The third-order valence-electron chi connectivity index (χ3n) is 1.67. The lowest BCUT2D eigenvalue weighted by molar-refractivity contribution is -0.870. The van der Waals surface area contributed by atoms with Gasteiger partial charge in [0.1, 0.15) is 0 Å². The molecule has 0 aromatic heterocycles. The molecule has 0 aromatic rings. The molecule has 0 aliphatic carbocycles. The molecule has 0 heterocycles. The molecular weight excluding hydrogens is 201 g/mol. The largest absolute Gasteiger partial charge is 0.383 e. The van der Waals surface area contributed by atoms with Crippen molar-refractivity contribution >= 4 is 6.15 Å². The van der Waals surface area contributed by atoms with E-state index in [1.54, 1.807) is 0 Å². The molecule has 0 rings (SSSR count). The Kier molecular flexibility index (Phi) is 7.49. The van der Waals surface area contributed by atoms with E-state index in [0.29, 0.717) is 0 Å². The van der Waals surface area contributed by atoms with Crippen LogP contribution in [-0.4, -0.2) is 38.3 Å². The van der Waals surface area contributed by atoms with Crippen LogP contribution in [0.3, 0.4) is 0 Å². The van der Waals surface area contributed by atoms with E-state index in [1.165, 1.54) is 36.8 Å². The van der Waals surface area contributed by atoms with Gasteiger partial charge in [-0.3, -0.25) is 0 Å². The number of hydrogen-bond donors (Lipinski definition) is 0. The SMILES string of the molecule is CCC[N+](C)(C)C.N#C[B-](C#N)(C#N)C#N. The van der Waals surface area contributed by atoms with Gasteiger partial charge in [-0.05, 0) is 6.42 Å². The van der Waals surface area contributed by atoms with E-state index in [1.807, 2.05) is 0 Å². The second-order valence-corrected chi connectivity index (χ2v) is 4.40. The lowest BCUT2D eigenvalue weighted by atomic mass is 9.30. The highest BCUT2D eigenvalue weighted by atomic mass is 15.3. The standard InChI is InChI=1S/C6H16N.C4BN4/c1-5-6-7(2,3)4;6-1-5(2-7,3-8)4-9/h5-6H2,1-4H3;/q+1;-1. The molecule has 0 spiro atoms. The molecule has 0 saturated carbocycles. The van der Waals surface area contributed by atoms with Crippen molar-refractivity contribution in [3.63, 3.8) is 0 Å². The minimum Gasteiger partial charge on any atom is -0.331 e. The van der Waals surface area contributed by atoms with E-state index in [-0.39, 0.29) is 0 Å². The summed E-state index contributed by atoms with van der Waals surface area (Å²) >= 11 is 0. The van der Waals surface area contributed by atoms with Crippen molar-refractivity contribution in [1.82, 2.24) is 0 Å². The monoisotopic (exact) mass is 217 g/mol. The van der Waals surface area contributed by atoms with E-state index < -0.39 is 6.15 Å². The van der Waals surface area contributed by atoms with Crippen LogP contribution in [-0.2, 0) is 0 Å². The number of quaternary nitrogens is 1. The minimum absolute atomic E-state index is 1.09. The Morgan fingerprint density at radius 3 is 1.19 bits per heavy atom. The average Bonchev–Trinajstić information content (AvgIpc) is 2.21. The van der Waals surface area contributed by atoms with Crippen LogP contribution in [0.15, 0.2) is 0 Å². The van der Waals surface area contributed by atoms with Crippen molar-refractivity contribution in [3.05, 3.63) is 0 Å². The molecular formula is C10H16BN5. The van der Waals surface area contributed by atoms with Gasteiger partial charge in [0.05, 0.1) is 27.7 Å². The first-order chi connectivity index (χ1) is 7.30. The Morgan fingerprint density at radius 2 is 1.19 bits per heavy atom. The fourth-order valence-corrected chi connectivity index (χ4v) is 0.844. The normalized spacial score (nSPS) is 9.50. The highest BCUT2D eigenvalue weighted by molar-refractivity contribution is 7.05. The summed E-state index contributed by atoms with van der Waals surface area (Å²) in [6.45, 7) is 3.49. The molecule has 0 atom stereocenters. The second kappa shape index (κ2) is 7.30. The number of rotatable bonds is 2. The van der Waals surface area contributed by atoms with Crippen LogP contribution < -0.4 is 0 Å². The highest BCUT2D eigenvalue weighted by Gasteiger charge is 2.22. The van der Waals surface area contributed by atoms with Crippen LogP contribution in [0.25, 0.3) is 0 Å². The first-order valence-corrected chi connectivity index (χ1v) is 4.91. The van der Waals surface area contributed by atoms with Crippen LogP contribution in [0.5, 0.6) is 0 Å². The summed E-state index contributed by atoms with van der Waals surface area (Å²) < 4.78 is 1.09. The molecule has 0 N–H and O–H groups in total. The van der Waals surface area contributed by atoms with Crippen molar-refractivity contribution in [2.45, 2.75) is 13.3 Å². The Bertz CT molecular complexity index is 307. The molecule has 0 saturated heterocycles. The zero-order valence-electron chi connectivity index (χ0n) is 10.2. The summed E-state index contributed by atoms with van der Waals surface area (Å²) in [4.78, 5) is 0. The van der Waals surface area contributed by atoms with Crippen LogP contribution in [0.2, 0.25) is 0 Å². The predicted molar refractivity (Wildman–Crippen MR) is 61.4 cm³/mol.